The van der Waals surface area contributed by atoms with Crippen LogP contribution in [0.1, 0.15) is 29.9 Å². The summed E-state index contributed by atoms with van der Waals surface area (Å²) in [4.78, 5) is 25.8. The Morgan fingerprint density at radius 1 is 1.00 bits per heavy atom. The van der Waals surface area contributed by atoms with E-state index in [1.807, 2.05) is 28.8 Å². The number of hydrogen-bond donors (Lipinski definition) is 4. The molecule has 1 fully saturated rings. The zero-order chi connectivity index (χ0) is 33.4. The van der Waals surface area contributed by atoms with Gasteiger partial charge < -0.3 is 21.3 Å². The van der Waals surface area contributed by atoms with Crippen LogP contribution in [0.25, 0.3) is 39.6 Å². The zero-order valence-electron chi connectivity index (χ0n) is 25.9. The van der Waals surface area contributed by atoms with E-state index in [9.17, 15) is 10.2 Å². The lowest BCUT2D eigenvalue weighted by Gasteiger charge is -2.32. The van der Waals surface area contributed by atoms with E-state index in [1.165, 1.54) is 4.80 Å². The van der Waals surface area contributed by atoms with Crippen LogP contribution in [0.3, 0.4) is 0 Å². The molecule has 15 nitrogen and oxygen atoms in total. The summed E-state index contributed by atoms with van der Waals surface area (Å²) < 4.78 is 1.89. The molecule has 48 heavy (non-hydrogen) atoms. The highest BCUT2D eigenvalue weighted by Crippen LogP contribution is 2.33. The summed E-state index contributed by atoms with van der Waals surface area (Å²) in [6.45, 7) is 2.61. The molecule has 0 unspecified atom stereocenters. The van der Waals surface area contributed by atoms with Gasteiger partial charge in [-0.1, -0.05) is 12.1 Å². The predicted octanol–water partition coefficient (Wildman–Crippen LogP) is 1.86. The molecule has 16 heteroatoms. The number of nitrogens with two attached hydrogens (primary N) is 1. The number of nitrogens with one attached hydrogen (secondary N) is 1. The van der Waals surface area contributed by atoms with Crippen molar-refractivity contribution in [2.75, 3.05) is 24.1 Å². The number of anilines is 2. The maximum absolute atomic E-state index is 10.1. The quantitative estimate of drug-likeness (QED) is 0.139. The smallest absolute Gasteiger partial charge is 0.234 e. The molecular weight excluding hydrogens is 609 g/mol. The number of nitriles is 1. The molecule has 6 heterocycles. The Hall–Kier alpha value is -5.76. The molecule has 238 valence electrons. The fourth-order valence-electron chi connectivity index (χ4n) is 5.89. The van der Waals surface area contributed by atoms with Crippen molar-refractivity contribution in [1.82, 2.24) is 49.4 Å². The van der Waals surface area contributed by atoms with Crippen LogP contribution in [0, 0.1) is 11.3 Å². The molecule has 0 saturated carbocycles. The molecule has 2 radical (unpaired) electrons. The van der Waals surface area contributed by atoms with Gasteiger partial charge in [-0.2, -0.15) is 20.3 Å². The highest BCUT2D eigenvalue weighted by atomic mass is 16.5. The lowest BCUT2D eigenvalue weighted by atomic mass is 9.90. The standard InChI is InChI=1S/C32H30BN13O2/c1-44-42-27(28(43-44)32(33,47)48)23-8-9-24-31(39-23)46(30(40-24)22-3-2-13-37-29(22)35)21-6-4-19(5-7-21)18-45-15-11-20(12-16-45)38-25-10-14-36-26(17-34)41-25/h2-10,13-14,20,47-48H,11-12,15-16,18H2,1H3,(H2,35,37)(H,36,38,41). The molecule has 1 aromatic carbocycles. The molecule has 1 saturated heterocycles. The van der Waals surface area contributed by atoms with Crippen LogP contribution in [0.5, 0.6) is 0 Å². The second-order valence-electron chi connectivity index (χ2n) is 11.6. The van der Waals surface area contributed by atoms with Crippen LogP contribution in [0.4, 0.5) is 11.6 Å². The van der Waals surface area contributed by atoms with Gasteiger partial charge in [0, 0.05) is 50.8 Å². The molecule has 0 aliphatic carbocycles. The number of likely N-dealkylation sites (tertiary alicyclic amines) is 1. The third-order valence-electron chi connectivity index (χ3n) is 8.18. The van der Waals surface area contributed by atoms with Crippen molar-refractivity contribution >= 4 is 30.6 Å². The van der Waals surface area contributed by atoms with Crippen LogP contribution >= 0.6 is 0 Å². The van der Waals surface area contributed by atoms with Gasteiger partial charge in [0.05, 0.1) is 11.3 Å². The van der Waals surface area contributed by atoms with E-state index >= 15 is 0 Å². The minimum Gasteiger partial charge on any atom is -0.383 e. The number of aryl methyl sites for hydroxylation is 1. The van der Waals surface area contributed by atoms with Crippen LogP contribution in [0.2, 0.25) is 0 Å². The lowest BCUT2D eigenvalue weighted by Crippen LogP contribution is -2.38. The molecule has 5 N–H and O–H groups in total. The van der Waals surface area contributed by atoms with Crippen molar-refractivity contribution in [2.24, 2.45) is 7.05 Å². The summed E-state index contributed by atoms with van der Waals surface area (Å²) in [5.41, 5.74) is 7.47. The molecule has 5 aromatic heterocycles. The Morgan fingerprint density at radius 3 is 2.52 bits per heavy atom. The monoisotopic (exact) mass is 639 g/mol. The molecule has 7 rings (SSSR count). The Bertz CT molecular complexity index is 2140. The minimum atomic E-state index is -2.71. The first-order valence-corrected chi connectivity index (χ1v) is 15.2. The molecule has 1 aliphatic rings. The topological polar surface area (TPSA) is 206 Å². The van der Waals surface area contributed by atoms with Gasteiger partial charge in [0.15, 0.2) is 25.0 Å². The zero-order valence-corrected chi connectivity index (χ0v) is 25.9. The van der Waals surface area contributed by atoms with E-state index in [0.717, 1.165) is 43.7 Å². The lowest BCUT2D eigenvalue weighted by molar-refractivity contribution is -0.0942. The maximum Gasteiger partial charge on any atom is 0.234 e. The van der Waals surface area contributed by atoms with Gasteiger partial charge in [0.25, 0.3) is 0 Å². The average molecular weight is 639 g/mol. The van der Waals surface area contributed by atoms with Gasteiger partial charge in [-0.15, -0.1) is 0 Å². The van der Waals surface area contributed by atoms with Gasteiger partial charge in [-0.05, 0) is 60.9 Å². The molecular formula is C32H30BN13O2. The van der Waals surface area contributed by atoms with Crippen molar-refractivity contribution < 1.29 is 10.2 Å². The number of benzene rings is 1. The Balaban J connectivity index is 1.16. The molecule has 0 amide bonds. The van der Waals surface area contributed by atoms with Gasteiger partial charge in [-0.3, -0.25) is 9.47 Å². The molecule has 1 aliphatic heterocycles. The summed E-state index contributed by atoms with van der Waals surface area (Å²) in [5.74, 6) is 1.69. The van der Waals surface area contributed by atoms with Crippen molar-refractivity contribution in [3.05, 3.63) is 84.1 Å². The summed E-state index contributed by atoms with van der Waals surface area (Å²) in [7, 11) is 7.13. The van der Waals surface area contributed by atoms with Crippen molar-refractivity contribution in [3.63, 3.8) is 0 Å². The predicted molar refractivity (Wildman–Crippen MR) is 177 cm³/mol. The van der Waals surface area contributed by atoms with Crippen molar-refractivity contribution in [3.8, 4) is 34.5 Å². The minimum absolute atomic E-state index is 0.125. The molecule has 6 aromatic rings. The average Bonchev–Trinajstić information content (AvgIpc) is 3.67. The number of aliphatic hydroxyl groups is 2. The van der Waals surface area contributed by atoms with E-state index < -0.39 is 5.69 Å². The highest BCUT2D eigenvalue weighted by molar-refractivity contribution is 6.13. The number of rotatable bonds is 8. The van der Waals surface area contributed by atoms with E-state index in [2.05, 4.69) is 47.5 Å². The number of imidazole rings is 1. The number of nitrogen functional groups attached to an aromatic ring is 1. The van der Waals surface area contributed by atoms with E-state index in [0.29, 0.717) is 39.9 Å². The SMILES string of the molecule is [B]C(O)(O)c1nn(C)nc1-c1ccc2nc(-c3cccnc3N)n(-c3ccc(CN4CCC(Nc5ccnc(C#N)n5)CC4)cc3)c2n1. The largest absolute Gasteiger partial charge is 0.383 e. The molecule has 0 spiro atoms. The number of pyridine rings is 2. The number of aromatic nitrogens is 9. The second kappa shape index (κ2) is 12.5. The molecule has 0 atom stereocenters. The van der Waals surface area contributed by atoms with Gasteiger partial charge in [0.1, 0.15) is 34.6 Å². The van der Waals surface area contributed by atoms with Crippen LogP contribution in [0.15, 0.2) is 67.0 Å². The van der Waals surface area contributed by atoms with E-state index in [-0.39, 0.29) is 23.3 Å². The number of piperidine rings is 1. The Morgan fingerprint density at radius 2 is 1.79 bits per heavy atom. The van der Waals surface area contributed by atoms with Gasteiger partial charge >= 0.3 is 0 Å². The van der Waals surface area contributed by atoms with Crippen LogP contribution < -0.4 is 11.1 Å². The van der Waals surface area contributed by atoms with Crippen molar-refractivity contribution in [1.29, 1.82) is 5.26 Å². The summed E-state index contributed by atoms with van der Waals surface area (Å²) in [6.07, 6.45) is 5.10. The first-order chi connectivity index (χ1) is 23.2. The summed E-state index contributed by atoms with van der Waals surface area (Å²) in [6, 6.07) is 19.3. The summed E-state index contributed by atoms with van der Waals surface area (Å²) in [5, 5.41) is 41.1. The third-order valence-corrected chi connectivity index (χ3v) is 8.18. The first-order valence-electron chi connectivity index (χ1n) is 15.2. The number of fused-ring (bicyclic) bond motifs is 1. The molecule has 0 bridgehead atoms. The number of nitrogens with zero attached hydrogens (tertiary/aromatic N) is 11. The Labute approximate surface area is 276 Å². The summed E-state index contributed by atoms with van der Waals surface area (Å²) >= 11 is 0. The fraction of sp³-hybridized carbons (Fsp3) is 0.250. The first kappa shape index (κ1) is 30.9. The van der Waals surface area contributed by atoms with E-state index in [1.54, 1.807) is 43.7 Å². The highest BCUT2D eigenvalue weighted by Gasteiger charge is 2.29. The van der Waals surface area contributed by atoms with Crippen LogP contribution in [-0.2, 0) is 19.3 Å². The number of hydrogen-bond acceptors (Lipinski definition) is 13. The Kier molecular flexibility index (Phi) is 8.01. The van der Waals surface area contributed by atoms with Crippen molar-refractivity contribution in [2.45, 2.75) is 31.1 Å². The van der Waals surface area contributed by atoms with Gasteiger partial charge in [-0.25, -0.2) is 24.9 Å². The normalized spacial score (nSPS) is 14.3. The second-order valence-corrected chi connectivity index (χ2v) is 11.6. The third kappa shape index (κ3) is 6.17. The van der Waals surface area contributed by atoms with Crippen LogP contribution in [-0.4, -0.2) is 86.6 Å². The van der Waals surface area contributed by atoms with E-state index in [4.69, 9.17) is 28.8 Å². The van der Waals surface area contributed by atoms with Gasteiger partial charge in [0.2, 0.25) is 5.82 Å². The fourth-order valence-corrected chi connectivity index (χ4v) is 5.89. The maximum atomic E-state index is 10.1.